The molecule has 0 bridgehead atoms. The van der Waals surface area contributed by atoms with Crippen molar-refractivity contribution in [2.24, 2.45) is 5.92 Å². The highest BCUT2D eigenvalue weighted by Crippen LogP contribution is 2.24. The molecule has 0 aliphatic heterocycles. The summed E-state index contributed by atoms with van der Waals surface area (Å²) >= 11 is 1.75. The molecule has 1 aromatic rings. The van der Waals surface area contributed by atoms with Gasteiger partial charge in [-0.3, -0.25) is 0 Å². The largest absolute Gasteiger partial charge is 0.393 e. The number of carbonyl (C=O) groups excluding carboxylic acids is 1. The van der Waals surface area contributed by atoms with Crippen LogP contribution < -0.4 is 10.6 Å². The van der Waals surface area contributed by atoms with Crippen LogP contribution in [0.5, 0.6) is 0 Å². The van der Waals surface area contributed by atoms with E-state index >= 15 is 0 Å². The number of hydrogen-bond donors (Lipinski definition) is 3. The number of rotatable bonds is 5. The monoisotopic (exact) mass is 294 g/mol. The van der Waals surface area contributed by atoms with Crippen molar-refractivity contribution in [3.63, 3.8) is 0 Å². The molecule has 20 heavy (non-hydrogen) atoms. The summed E-state index contributed by atoms with van der Waals surface area (Å²) in [6.07, 6.45) is 2.62. The first kappa shape index (κ1) is 15.2. The number of anilines is 1. The van der Waals surface area contributed by atoms with Gasteiger partial charge in [-0.2, -0.15) is 0 Å². The van der Waals surface area contributed by atoms with Crippen LogP contribution in [0.15, 0.2) is 29.2 Å². The standard InChI is InChI=1S/C15H22N2O2S/c1-2-20-13-7-4-6-12(9-13)17-15(19)16-10-11-5-3-8-14(11)18/h4,6-7,9,11,14,18H,2-3,5,8,10H2,1H3,(H2,16,17,19). The van der Waals surface area contributed by atoms with Gasteiger partial charge in [0.1, 0.15) is 0 Å². The second-order valence-corrected chi connectivity index (χ2v) is 6.39. The molecule has 1 aliphatic rings. The molecule has 4 nitrogen and oxygen atoms in total. The fourth-order valence-electron chi connectivity index (χ4n) is 2.48. The Labute approximate surface area is 124 Å². The lowest BCUT2D eigenvalue weighted by atomic mass is 10.1. The summed E-state index contributed by atoms with van der Waals surface area (Å²) in [4.78, 5) is 13.0. The van der Waals surface area contributed by atoms with Gasteiger partial charge in [-0.15, -0.1) is 11.8 Å². The molecule has 1 aliphatic carbocycles. The van der Waals surface area contributed by atoms with Crippen LogP contribution in [0.1, 0.15) is 26.2 Å². The van der Waals surface area contributed by atoms with E-state index in [1.54, 1.807) is 11.8 Å². The van der Waals surface area contributed by atoms with Crippen LogP contribution in [-0.4, -0.2) is 29.5 Å². The first-order valence-corrected chi connectivity index (χ1v) is 8.13. The van der Waals surface area contributed by atoms with Crippen molar-refractivity contribution in [2.45, 2.75) is 37.2 Å². The van der Waals surface area contributed by atoms with E-state index in [1.807, 2.05) is 24.3 Å². The summed E-state index contributed by atoms with van der Waals surface area (Å²) in [6, 6.07) is 7.62. The summed E-state index contributed by atoms with van der Waals surface area (Å²) in [5.41, 5.74) is 0.799. The number of aliphatic hydroxyl groups is 1. The maximum atomic E-state index is 11.8. The maximum Gasteiger partial charge on any atom is 0.319 e. The Morgan fingerprint density at radius 1 is 1.45 bits per heavy atom. The van der Waals surface area contributed by atoms with Crippen molar-refractivity contribution in [1.29, 1.82) is 0 Å². The Hall–Kier alpha value is -1.20. The van der Waals surface area contributed by atoms with Crippen molar-refractivity contribution >= 4 is 23.5 Å². The fourth-order valence-corrected chi connectivity index (χ4v) is 3.20. The van der Waals surface area contributed by atoms with Gasteiger partial charge in [-0.1, -0.05) is 19.4 Å². The third-order valence-corrected chi connectivity index (χ3v) is 4.42. The fraction of sp³-hybridized carbons (Fsp3) is 0.533. The third kappa shape index (κ3) is 4.42. The summed E-state index contributed by atoms with van der Waals surface area (Å²) in [6.45, 7) is 2.64. The van der Waals surface area contributed by atoms with Gasteiger partial charge in [-0.25, -0.2) is 4.79 Å². The Kier molecular flexibility index (Phi) is 5.73. The molecule has 5 heteroatoms. The number of carbonyl (C=O) groups is 1. The lowest BCUT2D eigenvalue weighted by Crippen LogP contribution is -2.35. The summed E-state index contributed by atoms with van der Waals surface area (Å²) < 4.78 is 0. The average molecular weight is 294 g/mol. The number of aliphatic hydroxyl groups excluding tert-OH is 1. The Morgan fingerprint density at radius 2 is 2.30 bits per heavy atom. The minimum Gasteiger partial charge on any atom is -0.393 e. The molecule has 2 rings (SSSR count). The molecule has 0 heterocycles. The first-order valence-electron chi connectivity index (χ1n) is 7.15. The van der Waals surface area contributed by atoms with Crippen molar-refractivity contribution < 1.29 is 9.90 Å². The second kappa shape index (κ2) is 7.55. The van der Waals surface area contributed by atoms with Gasteiger partial charge in [0.2, 0.25) is 0 Å². The van der Waals surface area contributed by atoms with Crippen LogP contribution in [0.25, 0.3) is 0 Å². The molecule has 1 fully saturated rings. The highest BCUT2D eigenvalue weighted by molar-refractivity contribution is 7.99. The van der Waals surface area contributed by atoms with Gasteiger partial charge in [0.25, 0.3) is 0 Å². The highest BCUT2D eigenvalue weighted by Gasteiger charge is 2.25. The normalized spacial score (nSPS) is 21.7. The topological polar surface area (TPSA) is 61.4 Å². The molecule has 0 spiro atoms. The van der Waals surface area contributed by atoms with Crippen molar-refractivity contribution in [2.75, 3.05) is 17.6 Å². The minimum atomic E-state index is -0.264. The van der Waals surface area contributed by atoms with E-state index in [9.17, 15) is 9.90 Å². The predicted octanol–water partition coefficient (Wildman–Crippen LogP) is 3.08. The lowest BCUT2D eigenvalue weighted by molar-refractivity contribution is 0.133. The second-order valence-electron chi connectivity index (χ2n) is 5.05. The van der Waals surface area contributed by atoms with Crippen LogP contribution in [0.2, 0.25) is 0 Å². The first-order chi connectivity index (χ1) is 9.69. The summed E-state index contributed by atoms with van der Waals surface area (Å²) in [5, 5.41) is 15.4. The zero-order valence-electron chi connectivity index (χ0n) is 11.8. The lowest BCUT2D eigenvalue weighted by Gasteiger charge is -2.15. The van der Waals surface area contributed by atoms with E-state index in [4.69, 9.17) is 0 Å². The van der Waals surface area contributed by atoms with E-state index in [0.717, 1.165) is 35.6 Å². The van der Waals surface area contributed by atoms with Gasteiger partial charge in [-0.05, 0) is 36.8 Å². The molecule has 2 atom stereocenters. The van der Waals surface area contributed by atoms with Gasteiger partial charge in [0.05, 0.1) is 6.10 Å². The van der Waals surface area contributed by atoms with Crippen LogP contribution in [-0.2, 0) is 0 Å². The molecular formula is C15H22N2O2S. The number of thioether (sulfide) groups is 1. The van der Waals surface area contributed by atoms with Gasteiger partial charge >= 0.3 is 6.03 Å². The molecule has 110 valence electrons. The predicted molar refractivity (Wildman–Crippen MR) is 83.2 cm³/mol. The van der Waals surface area contributed by atoms with E-state index in [0.29, 0.717) is 6.54 Å². The molecule has 1 aromatic carbocycles. The van der Waals surface area contributed by atoms with Crippen LogP contribution in [0, 0.1) is 5.92 Å². The van der Waals surface area contributed by atoms with Crippen molar-refractivity contribution in [1.82, 2.24) is 5.32 Å². The van der Waals surface area contributed by atoms with E-state index in [1.165, 1.54) is 0 Å². The Balaban J connectivity index is 1.80. The average Bonchev–Trinajstić information content (AvgIpc) is 2.83. The van der Waals surface area contributed by atoms with Gasteiger partial charge in [0.15, 0.2) is 0 Å². The summed E-state index contributed by atoms with van der Waals surface area (Å²) in [5.74, 6) is 1.21. The number of amides is 2. The number of urea groups is 1. The Morgan fingerprint density at radius 3 is 3.00 bits per heavy atom. The van der Waals surface area contributed by atoms with Crippen LogP contribution in [0.3, 0.4) is 0 Å². The SMILES string of the molecule is CCSc1cccc(NC(=O)NCC2CCCC2O)c1. The van der Waals surface area contributed by atoms with Crippen LogP contribution >= 0.6 is 11.8 Å². The number of benzene rings is 1. The molecule has 1 saturated carbocycles. The Bertz CT molecular complexity index is 453. The van der Waals surface area contributed by atoms with Gasteiger partial charge in [0, 0.05) is 23.0 Å². The van der Waals surface area contributed by atoms with E-state index in [2.05, 4.69) is 17.6 Å². The zero-order chi connectivity index (χ0) is 14.4. The van der Waals surface area contributed by atoms with Gasteiger partial charge < -0.3 is 15.7 Å². The molecule has 0 aromatic heterocycles. The molecule has 3 N–H and O–H groups in total. The quantitative estimate of drug-likeness (QED) is 0.731. The number of nitrogens with one attached hydrogen (secondary N) is 2. The van der Waals surface area contributed by atoms with Crippen LogP contribution in [0.4, 0.5) is 10.5 Å². The van der Waals surface area contributed by atoms with E-state index < -0.39 is 0 Å². The molecule has 0 saturated heterocycles. The zero-order valence-corrected chi connectivity index (χ0v) is 12.6. The molecular weight excluding hydrogens is 272 g/mol. The molecule has 2 unspecified atom stereocenters. The van der Waals surface area contributed by atoms with E-state index in [-0.39, 0.29) is 18.1 Å². The smallest absolute Gasteiger partial charge is 0.319 e. The maximum absolute atomic E-state index is 11.8. The van der Waals surface area contributed by atoms with Crippen molar-refractivity contribution in [3.8, 4) is 0 Å². The minimum absolute atomic E-state index is 0.197. The summed E-state index contributed by atoms with van der Waals surface area (Å²) in [7, 11) is 0. The third-order valence-electron chi connectivity index (χ3n) is 3.55. The number of hydrogen-bond acceptors (Lipinski definition) is 3. The molecule has 2 amide bonds. The van der Waals surface area contributed by atoms with Crippen molar-refractivity contribution in [3.05, 3.63) is 24.3 Å². The molecule has 0 radical (unpaired) electrons. The highest BCUT2D eigenvalue weighted by atomic mass is 32.2.